The van der Waals surface area contributed by atoms with E-state index in [0.717, 1.165) is 6.42 Å². The average Bonchev–Trinajstić information content (AvgIpc) is 2.38. The van der Waals surface area contributed by atoms with E-state index in [4.69, 9.17) is 16.3 Å². The summed E-state index contributed by atoms with van der Waals surface area (Å²) in [6.45, 7) is 3.62. The van der Waals surface area contributed by atoms with Crippen LogP contribution < -0.4 is 4.90 Å². The van der Waals surface area contributed by atoms with Crippen LogP contribution >= 0.6 is 11.6 Å². The van der Waals surface area contributed by atoms with E-state index < -0.39 is 4.92 Å². The molecule has 8 heteroatoms. The molecule has 18 heavy (non-hydrogen) atoms. The fraction of sp³-hybridized carbons (Fsp3) is 0.600. The summed E-state index contributed by atoms with van der Waals surface area (Å²) in [5.74, 6) is 0.273. The first-order chi connectivity index (χ1) is 8.65. The second-order valence-corrected chi connectivity index (χ2v) is 4.28. The average molecular weight is 273 g/mol. The molecule has 0 bridgehead atoms. The molecule has 1 aliphatic heterocycles. The van der Waals surface area contributed by atoms with Crippen molar-refractivity contribution in [2.45, 2.75) is 19.4 Å². The third kappa shape index (κ3) is 2.37. The van der Waals surface area contributed by atoms with Crippen molar-refractivity contribution in [2.24, 2.45) is 0 Å². The summed E-state index contributed by atoms with van der Waals surface area (Å²) in [5, 5.41) is 10.9. The number of hydrogen-bond acceptors (Lipinski definition) is 6. The standard InChI is InChI=1S/C10H13ClN4O3/c1-2-7-5-18-4-3-14(7)10-8(15(16)17)9(11)12-6-13-10/h6-7H,2-5H2,1H3. The highest BCUT2D eigenvalue weighted by Crippen LogP contribution is 2.33. The number of nitrogens with zero attached hydrogens (tertiary/aromatic N) is 4. The zero-order valence-corrected chi connectivity index (χ0v) is 10.6. The lowest BCUT2D eigenvalue weighted by Gasteiger charge is -2.35. The minimum atomic E-state index is -0.542. The Hall–Kier alpha value is -1.47. The zero-order valence-electron chi connectivity index (χ0n) is 9.87. The van der Waals surface area contributed by atoms with E-state index in [1.165, 1.54) is 6.33 Å². The van der Waals surface area contributed by atoms with E-state index in [1.807, 2.05) is 11.8 Å². The van der Waals surface area contributed by atoms with Gasteiger partial charge in [-0.1, -0.05) is 18.5 Å². The number of rotatable bonds is 3. The number of nitro groups is 1. The molecule has 98 valence electrons. The lowest BCUT2D eigenvalue weighted by Crippen LogP contribution is -2.45. The van der Waals surface area contributed by atoms with Crippen LogP contribution in [0.1, 0.15) is 13.3 Å². The molecule has 1 aromatic rings. The largest absolute Gasteiger partial charge is 0.377 e. The smallest absolute Gasteiger partial charge is 0.348 e. The minimum Gasteiger partial charge on any atom is -0.377 e. The Morgan fingerprint density at radius 3 is 3.11 bits per heavy atom. The van der Waals surface area contributed by atoms with Gasteiger partial charge in [0.25, 0.3) is 0 Å². The van der Waals surface area contributed by atoms with Crippen LogP contribution in [0.4, 0.5) is 11.5 Å². The van der Waals surface area contributed by atoms with E-state index in [1.54, 1.807) is 0 Å². The molecule has 1 aliphatic rings. The van der Waals surface area contributed by atoms with Crippen LogP contribution in [0.3, 0.4) is 0 Å². The van der Waals surface area contributed by atoms with E-state index in [-0.39, 0.29) is 22.7 Å². The molecule has 2 heterocycles. The SMILES string of the molecule is CCC1COCCN1c1ncnc(Cl)c1[N+](=O)[O-]. The number of anilines is 1. The summed E-state index contributed by atoms with van der Waals surface area (Å²) < 4.78 is 5.37. The highest BCUT2D eigenvalue weighted by atomic mass is 35.5. The van der Waals surface area contributed by atoms with Crippen molar-refractivity contribution < 1.29 is 9.66 Å². The summed E-state index contributed by atoms with van der Waals surface area (Å²) in [6.07, 6.45) is 2.06. The van der Waals surface area contributed by atoms with Gasteiger partial charge >= 0.3 is 5.69 Å². The lowest BCUT2D eigenvalue weighted by molar-refractivity contribution is -0.384. The van der Waals surface area contributed by atoms with Crippen LogP contribution in [0, 0.1) is 10.1 Å². The maximum atomic E-state index is 11.1. The molecule has 0 amide bonds. The van der Waals surface area contributed by atoms with Gasteiger partial charge in [-0.2, -0.15) is 0 Å². The fourth-order valence-corrected chi connectivity index (χ4v) is 2.19. The minimum absolute atomic E-state index is 0.0726. The normalized spacial score (nSPS) is 19.9. The number of ether oxygens (including phenoxy) is 1. The Balaban J connectivity index is 2.42. The summed E-state index contributed by atoms with van der Waals surface area (Å²) in [5.41, 5.74) is -0.237. The van der Waals surface area contributed by atoms with Crippen LogP contribution in [-0.2, 0) is 4.74 Å². The maximum absolute atomic E-state index is 11.1. The molecule has 0 radical (unpaired) electrons. The molecule has 1 unspecified atom stereocenters. The van der Waals surface area contributed by atoms with Gasteiger partial charge < -0.3 is 9.64 Å². The molecule has 1 fully saturated rings. The van der Waals surface area contributed by atoms with E-state index in [0.29, 0.717) is 19.8 Å². The summed E-state index contributed by atoms with van der Waals surface area (Å²) in [4.78, 5) is 20.1. The number of aromatic nitrogens is 2. The van der Waals surface area contributed by atoms with E-state index in [9.17, 15) is 10.1 Å². The predicted octanol–water partition coefficient (Wildman–Crippen LogP) is 1.65. The van der Waals surface area contributed by atoms with Crippen LogP contribution in [0.2, 0.25) is 5.15 Å². The molecule has 7 nitrogen and oxygen atoms in total. The van der Waals surface area contributed by atoms with E-state index >= 15 is 0 Å². The first-order valence-corrected chi connectivity index (χ1v) is 6.02. The quantitative estimate of drug-likeness (QED) is 0.473. The van der Waals surface area contributed by atoms with E-state index in [2.05, 4.69) is 9.97 Å². The Morgan fingerprint density at radius 2 is 2.44 bits per heavy atom. The summed E-state index contributed by atoms with van der Waals surface area (Å²) >= 11 is 5.78. The highest BCUT2D eigenvalue weighted by molar-refractivity contribution is 6.31. The zero-order chi connectivity index (χ0) is 13.1. The van der Waals surface area contributed by atoms with Crippen molar-refractivity contribution in [3.8, 4) is 0 Å². The number of morpholine rings is 1. The molecule has 1 aromatic heterocycles. The van der Waals surface area contributed by atoms with Gasteiger partial charge in [0, 0.05) is 6.54 Å². The molecule has 0 saturated carbocycles. The van der Waals surface area contributed by atoms with Crippen molar-refractivity contribution in [1.82, 2.24) is 9.97 Å². The topological polar surface area (TPSA) is 81.4 Å². The summed E-state index contributed by atoms with van der Waals surface area (Å²) in [6, 6.07) is 0.0726. The molecule has 0 spiro atoms. The Bertz CT molecular complexity index is 457. The van der Waals surface area contributed by atoms with Crippen molar-refractivity contribution in [3.05, 3.63) is 21.6 Å². The highest BCUT2D eigenvalue weighted by Gasteiger charge is 2.31. The first-order valence-electron chi connectivity index (χ1n) is 5.64. The number of hydrogen-bond donors (Lipinski definition) is 0. The van der Waals surface area contributed by atoms with Crippen LogP contribution in [0.5, 0.6) is 0 Å². The molecule has 0 aliphatic carbocycles. The van der Waals surface area contributed by atoms with Gasteiger partial charge in [-0.3, -0.25) is 10.1 Å². The molecular formula is C10H13ClN4O3. The van der Waals surface area contributed by atoms with Gasteiger partial charge in [0.15, 0.2) is 0 Å². The molecule has 0 aromatic carbocycles. The molecule has 1 saturated heterocycles. The predicted molar refractivity (Wildman–Crippen MR) is 65.9 cm³/mol. The number of halogens is 1. The van der Waals surface area contributed by atoms with Gasteiger partial charge in [0.05, 0.1) is 24.2 Å². The third-order valence-electron chi connectivity index (χ3n) is 2.91. The van der Waals surface area contributed by atoms with Crippen molar-refractivity contribution in [3.63, 3.8) is 0 Å². The monoisotopic (exact) mass is 272 g/mol. The lowest BCUT2D eigenvalue weighted by atomic mass is 10.1. The van der Waals surface area contributed by atoms with Crippen molar-refractivity contribution in [1.29, 1.82) is 0 Å². The molecule has 0 N–H and O–H groups in total. The van der Waals surface area contributed by atoms with Crippen molar-refractivity contribution in [2.75, 3.05) is 24.7 Å². The van der Waals surface area contributed by atoms with Crippen LogP contribution in [0.15, 0.2) is 6.33 Å². The second-order valence-electron chi connectivity index (χ2n) is 3.92. The maximum Gasteiger partial charge on any atom is 0.348 e. The van der Waals surface area contributed by atoms with Gasteiger partial charge in [-0.05, 0) is 6.42 Å². The van der Waals surface area contributed by atoms with Crippen LogP contribution in [0.25, 0.3) is 0 Å². The molecular weight excluding hydrogens is 260 g/mol. The fourth-order valence-electron chi connectivity index (χ4n) is 1.99. The van der Waals surface area contributed by atoms with Crippen LogP contribution in [-0.4, -0.2) is 40.7 Å². The summed E-state index contributed by atoms with van der Waals surface area (Å²) in [7, 11) is 0. The Kier molecular flexibility index (Phi) is 3.93. The van der Waals surface area contributed by atoms with Crippen molar-refractivity contribution >= 4 is 23.1 Å². The van der Waals surface area contributed by atoms with Gasteiger partial charge in [0.1, 0.15) is 6.33 Å². The van der Waals surface area contributed by atoms with Gasteiger partial charge in [0.2, 0.25) is 11.0 Å². The second kappa shape index (κ2) is 5.45. The first kappa shape index (κ1) is 13.0. The Morgan fingerprint density at radius 1 is 1.67 bits per heavy atom. The van der Waals surface area contributed by atoms with Gasteiger partial charge in [-0.25, -0.2) is 9.97 Å². The molecule has 1 atom stereocenters. The third-order valence-corrected chi connectivity index (χ3v) is 3.19. The Labute approximate surface area is 109 Å². The van der Waals surface area contributed by atoms with Gasteiger partial charge in [-0.15, -0.1) is 0 Å². The molecule has 2 rings (SSSR count).